The van der Waals surface area contributed by atoms with Gasteiger partial charge in [0.05, 0.1) is 0 Å². The molecule has 1 aliphatic rings. The minimum atomic E-state index is 0.114. The monoisotopic (exact) mass is 406 g/mol. The van der Waals surface area contributed by atoms with Crippen molar-refractivity contribution < 1.29 is 4.79 Å². The van der Waals surface area contributed by atoms with E-state index >= 15 is 0 Å². The Morgan fingerprint density at radius 1 is 1.30 bits per heavy atom. The predicted molar refractivity (Wildman–Crippen MR) is 112 cm³/mol. The van der Waals surface area contributed by atoms with Gasteiger partial charge in [-0.25, -0.2) is 4.98 Å². The third kappa shape index (κ3) is 6.18. The lowest BCUT2D eigenvalue weighted by molar-refractivity contribution is -0.121. The first-order valence-corrected chi connectivity index (χ1v) is 10.9. The molecular weight excluding hydrogens is 380 g/mol. The molecule has 0 bridgehead atoms. The summed E-state index contributed by atoms with van der Waals surface area (Å²) in [5.74, 6) is 2.09. The number of halogens is 1. The maximum absolute atomic E-state index is 11.7. The van der Waals surface area contributed by atoms with Gasteiger partial charge in [-0.05, 0) is 37.7 Å². The SMILES string of the molecule is Cc1ccc(Cc2nsc(N3CCC(CNC(=O)CCCCl)CC3)n2)cc1. The summed E-state index contributed by atoms with van der Waals surface area (Å²) < 4.78 is 4.54. The number of benzene rings is 1. The highest BCUT2D eigenvalue weighted by Gasteiger charge is 2.22. The highest BCUT2D eigenvalue weighted by atomic mass is 35.5. The fourth-order valence-electron chi connectivity index (χ4n) is 3.24. The lowest BCUT2D eigenvalue weighted by Gasteiger charge is -2.31. The molecule has 1 amide bonds. The van der Waals surface area contributed by atoms with Crippen molar-refractivity contribution >= 4 is 34.2 Å². The fourth-order valence-corrected chi connectivity index (χ4v) is 4.11. The number of nitrogens with one attached hydrogen (secondary N) is 1. The van der Waals surface area contributed by atoms with E-state index in [0.29, 0.717) is 18.2 Å². The quantitative estimate of drug-likeness (QED) is 0.677. The maximum atomic E-state index is 11.7. The van der Waals surface area contributed by atoms with Crippen LogP contribution in [-0.2, 0) is 11.2 Å². The number of anilines is 1. The zero-order valence-corrected chi connectivity index (χ0v) is 17.4. The van der Waals surface area contributed by atoms with Crippen LogP contribution in [0.3, 0.4) is 0 Å². The van der Waals surface area contributed by atoms with E-state index in [0.717, 1.165) is 56.3 Å². The van der Waals surface area contributed by atoms with Gasteiger partial charge in [0.25, 0.3) is 0 Å². The molecule has 2 aromatic rings. The zero-order valence-electron chi connectivity index (χ0n) is 15.8. The first-order valence-electron chi connectivity index (χ1n) is 9.60. The van der Waals surface area contributed by atoms with Crippen LogP contribution in [0.5, 0.6) is 0 Å². The van der Waals surface area contributed by atoms with Crippen LogP contribution < -0.4 is 10.2 Å². The molecular formula is C20H27ClN4OS. The van der Waals surface area contributed by atoms with Crippen molar-refractivity contribution in [1.82, 2.24) is 14.7 Å². The van der Waals surface area contributed by atoms with Crippen molar-refractivity contribution in [2.75, 3.05) is 30.4 Å². The van der Waals surface area contributed by atoms with E-state index in [-0.39, 0.29) is 5.91 Å². The molecule has 0 spiro atoms. The molecule has 1 N–H and O–H groups in total. The molecule has 1 aromatic carbocycles. The molecule has 1 aromatic heterocycles. The average Bonchev–Trinajstić information content (AvgIpc) is 3.15. The summed E-state index contributed by atoms with van der Waals surface area (Å²) in [5, 5.41) is 4.05. The minimum absolute atomic E-state index is 0.114. The van der Waals surface area contributed by atoms with Gasteiger partial charge in [-0.2, -0.15) is 4.37 Å². The lowest BCUT2D eigenvalue weighted by Crippen LogP contribution is -2.38. The summed E-state index contributed by atoms with van der Waals surface area (Å²) in [4.78, 5) is 18.8. The number of carbonyl (C=O) groups is 1. The zero-order chi connectivity index (χ0) is 19.1. The summed E-state index contributed by atoms with van der Waals surface area (Å²) in [6.45, 7) is 4.81. The number of aryl methyl sites for hydroxylation is 1. The highest BCUT2D eigenvalue weighted by Crippen LogP contribution is 2.25. The predicted octanol–water partition coefficient (Wildman–Crippen LogP) is 3.79. The number of hydrogen-bond acceptors (Lipinski definition) is 5. The number of aromatic nitrogens is 2. The summed E-state index contributed by atoms with van der Waals surface area (Å²) in [5.41, 5.74) is 2.51. The molecule has 27 heavy (non-hydrogen) atoms. The largest absolute Gasteiger partial charge is 0.356 e. The summed E-state index contributed by atoms with van der Waals surface area (Å²) in [6, 6.07) is 8.54. The van der Waals surface area contributed by atoms with E-state index in [4.69, 9.17) is 16.6 Å². The smallest absolute Gasteiger partial charge is 0.220 e. The third-order valence-electron chi connectivity index (χ3n) is 4.95. The van der Waals surface area contributed by atoms with Crippen LogP contribution >= 0.6 is 23.1 Å². The van der Waals surface area contributed by atoms with E-state index in [2.05, 4.69) is 45.8 Å². The Balaban J connectivity index is 1.44. The number of rotatable bonds is 8. The van der Waals surface area contributed by atoms with Gasteiger partial charge in [0.2, 0.25) is 11.0 Å². The van der Waals surface area contributed by atoms with E-state index < -0.39 is 0 Å². The van der Waals surface area contributed by atoms with E-state index in [9.17, 15) is 4.79 Å². The maximum Gasteiger partial charge on any atom is 0.220 e. The first-order chi connectivity index (χ1) is 13.1. The van der Waals surface area contributed by atoms with Gasteiger partial charge in [-0.1, -0.05) is 29.8 Å². The Hall–Kier alpha value is -1.66. The van der Waals surface area contributed by atoms with Gasteiger partial charge < -0.3 is 10.2 Å². The van der Waals surface area contributed by atoms with Crippen LogP contribution in [0.15, 0.2) is 24.3 Å². The number of alkyl halides is 1. The lowest BCUT2D eigenvalue weighted by atomic mass is 9.97. The van der Waals surface area contributed by atoms with Gasteiger partial charge >= 0.3 is 0 Å². The van der Waals surface area contributed by atoms with Crippen LogP contribution in [0.2, 0.25) is 0 Å². The Morgan fingerprint density at radius 2 is 2.04 bits per heavy atom. The normalized spacial score (nSPS) is 15.1. The molecule has 7 heteroatoms. The van der Waals surface area contributed by atoms with E-state index in [1.807, 2.05) is 0 Å². The second kappa shape index (κ2) is 10.0. The van der Waals surface area contributed by atoms with Crippen LogP contribution in [0.1, 0.15) is 42.6 Å². The van der Waals surface area contributed by atoms with Gasteiger partial charge in [-0.3, -0.25) is 4.79 Å². The Labute approximate surface area is 170 Å². The van der Waals surface area contributed by atoms with Gasteiger partial charge in [0.1, 0.15) is 5.82 Å². The first kappa shape index (κ1) is 20.1. The van der Waals surface area contributed by atoms with E-state index in [1.54, 1.807) is 0 Å². The van der Waals surface area contributed by atoms with Gasteiger partial charge in [-0.15, -0.1) is 11.6 Å². The second-order valence-electron chi connectivity index (χ2n) is 7.18. The number of amides is 1. The Bertz CT molecular complexity index is 726. The van der Waals surface area contributed by atoms with Crippen LogP contribution in [0, 0.1) is 12.8 Å². The molecule has 3 rings (SSSR count). The van der Waals surface area contributed by atoms with Crippen molar-refractivity contribution in [3.05, 3.63) is 41.2 Å². The standard InChI is InChI=1S/C20H27ClN4OS/c1-15-4-6-16(7-5-15)13-18-23-20(27-24-18)25-11-8-17(9-12-25)14-22-19(26)3-2-10-21/h4-7,17H,2-3,8-14H2,1H3,(H,22,26). The van der Waals surface area contributed by atoms with Crippen molar-refractivity contribution in [2.24, 2.45) is 5.92 Å². The molecule has 1 fully saturated rings. The van der Waals surface area contributed by atoms with Gasteiger partial charge in [0, 0.05) is 49.9 Å². The fraction of sp³-hybridized carbons (Fsp3) is 0.550. The molecule has 0 radical (unpaired) electrons. The van der Waals surface area contributed by atoms with Crippen LogP contribution in [0.25, 0.3) is 0 Å². The summed E-state index contributed by atoms with van der Waals surface area (Å²) >= 11 is 7.12. The van der Waals surface area contributed by atoms with Crippen molar-refractivity contribution in [3.8, 4) is 0 Å². The van der Waals surface area contributed by atoms with Crippen molar-refractivity contribution in [2.45, 2.75) is 39.0 Å². The number of hydrogen-bond donors (Lipinski definition) is 1. The Kier molecular flexibility index (Phi) is 7.47. The average molecular weight is 407 g/mol. The molecule has 1 saturated heterocycles. The molecule has 0 unspecified atom stereocenters. The number of carbonyl (C=O) groups excluding carboxylic acids is 1. The van der Waals surface area contributed by atoms with Gasteiger partial charge in [0.15, 0.2) is 0 Å². The molecule has 0 atom stereocenters. The van der Waals surface area contributed by atoms with Crippen LogP contribution in [0.4, 0.5) is 5.13 Å². The van der Waals surface area contributed by atoms with Crippen LogP contribution in [-0.4, -0.2) is 40.8 Å². The highest BCUT2D eigenvalue weighted by molar-refractivity contribution is 7.09. The molecule has 5 nitrogen and oxygen atoms in total. The Morgan fingerprint density at radius 3 is 2.74 bits per heavy atom. The molecule has 0 saturated carbocycles. The molecule has 2 heterocycles. The topological polar surface area (TPSA) is 58.1 Å². The number of piperidine rings is 1. The van der Waals surface area contributed by atoms with E-state index in [1.165, 1.54) is 22.7 Å². The minimum Gasteiger partial charge on any atom is -0.356 e. The summed E-state index contributed by atoms with van der Waals surface area (Å²) in [7, 11) is 0. The molecule has 146 valence electrons. The summed E-state index contributed by atoms with van der Waals surface area (Å²) in [6.07, 6.45) is 4.19. The number of nitrogens with zero attached hydrogens (tertiary/aromatic N) is 3. The third-order valence-corrected chi connectivity index (χ3v) is 6.03. The molecule has 1 aliphatic heterocycles. The van der Waals surface area contributed by atoms with Crippen molar-refractivity contribution in [1.29, 1.82) is 0 Å². The second-order valence-corrected chi connectivity index (χ2v) is 8.29. The molecule has 0 aliphatic carbocycles. The van der Waals surface area contributed by atoms with Crippen molar-refractivity contribution in [3.63, 3.8) is 0 Å².